The Balaban J connectivity index is 1.97. The van der Waals surface area contributed by atoms with E-state index in [4.69, 9.17) is 4.74 Å². The first-order valence-corrected chi connectivity index (χ1v) is 6.82. The van der Waals surface area contributed by atoms with Gasteiger partial charge in [0, 0.05) is 25.9 Å². The van der Waals surface area contributed by atoms with Crippen LogP contribution in [-0.4, -0.2) is 36.5 Å². The molecule has 0 radical (unpaired) electrons. The molecule has 18 heavy (non-hydrogen) atoms. The summed E-state index contributed by atoms with van der Waals surface area (Å²) in [4.78, 5) is 4.41. The van der Waals surface area contributed by atoms with E-state index in [1.165, 1.54) is 4.70 Å². The van der Waals surface area contributed by atoms with Crippen LogP contribution >= 0.6 is 11.3 Å². The highest BCUT2D eigenvalue weighted by molar-refractivity contribution is 7.17. The summed E-state index contributed by atoms with van der Waals surface area (Å²) in [5.41, 5.74) is 2.17. The molecule has 2 unspecified atom stereocenters. The standard InChI is InChI=1S/C13H18N2O2S/c1-9(14-7-11(16)8-17-2)10-5-13-12(15-6-10)3-4-18-13/h3-6,9,11,14,16H,7-8H2,1-2H3. The van der Waals surface area contributed by atoms with Crippen molar-refractivity contribution >= 4 is 21.6 Å². The third-order valence-electron chi connectivity index (χ3n) is 2.84. The van der Waals surface area contributed by atoms with Crippen LogP contribution in [0.25, 0.3) is 10.2 Å². The molecule has 0 aliphatic carbocycles. The van der Waals surface area contributed by atoms with E-state index in [9.17, 15) is 5.11 Å². The van der Waals surface area contributed by atoms with Gasteiger partial charge >= 0.3 is 0 Å². The topological polar surface area (TPSA) is 54.4 Å². The van der Waals surface area contributed by atoms with Crippen molar-refractivity contribution in [2.45, 2.75) is 19.1 Å². The Kier molecular flexibility index (Phi) is 4.66. The third kappa shape index (κ3) is 3.26. The minimum absolute atomic E-state index is 0.163. The van der Waals surface area contributed by atoms with Gasteiger partial charge in [0.1, 0.15) is 0 Å². The molecular weight excluding hydrogens is 248 g/mol. The zero-order valence-corrected chi connectivity index (χ0v) is 11.4. The van der Waals surface area contributed by atoms with Crippen molar-refractivity contribution in [2.24, 2.45) is 0 Å². The Morgan fingerprint density at radius 3 is 3.17 bits per heavy atom. The van der Waals surface area contributed by atoms with Crippen LogP contribution < -0.4 is 5.32 Å². The quantitative estimate of drug-likeness (QED) is 0.839. The van der Waals surface area contributed by atoms with E-state index >= 15 is 0 Å². The van der Waals surface area contributed by atoms with Crippen molar-refractivity contribution in [3.05, 3.63) is 29.3 Å². The predicted molar refractivity (Wildman–Crippen MR) is 73.9 cm³/mol. The molecule has 2 rings (SSSR count). The van der Waals surface area contributed by atoms with Crippen molar-refractivity contribution in [1.82, 2.24) is 10.3 Å². The van der Waals surface area contributed by atoms with Gasteiger partial charge in [0.2, 0.25) is 0 Å². The van der Waals surface area contributed by atoms with Crippen LogP contribution in [0.4, 0.5) is 0 Å². The predicted octanol–water partition coefficient (Wildman–Crippen LogP) is 1.95. The molecule has 5 heteroatoms. The maximum absolute atomic E-state index is 9.58. The molecular formula is C13H18N2O2S. The fourth-order valence-electron chi connectivity index (χ4n) is 1.78. The third-order valence-corrected chi connectivity index (χ3v) is 3.70. The van der Waals surface area contributed by atoms with Crippen molar-refractivity contribution in [3.63, 3.8) is 0 Å². The maximum Gasteiger partial charge on any atom is 0.0897 e. The lowest BCUT2D eigenvalue weighted by Crippen LogP contribution is -2.31. The lowest BCUT2D eigenvalue weighted by molar-refractivity contribution is 0.0630. The van der Waals surface area contributed by atoms with Gasteiger partial charge in [0.25, 0.3) is 0 Å². The van der Waals surface area contributed by atoms with E-state index in [2.05, 4.69) is 23.3 Å². The minimum atomic E-state index is -0.476. The molecule has 0 saturated carbocycles. The van der Waals surface area contributed by atoms with Crippen LogP contribution in [0.1, 0.15) is 18.5 Å². The molecule has 0 amide bonds. The SMILES string of the molecule is COCC(O)CNC(C)c1cnc2ccsc2c1. The number of aliphatic hydroxyl groups is 1. The lowest BCUT2D eigenvalue weighted by Gasteiger charge is -2.16. The van der Waals surface area contributed by atoms with Gasteiger partial charge < -0.3 is 15.2 Å². The number of rotatable bonds is 6. The number of hydrogen-bond donors (Lipinski definition) is 2. The van der Waals surface area contributed by atoms with Gasteiger partial charge in [-0.25, -0.2) is 0 Å². The molecule has 0 aliphatic heterocycles. The summed E-state index contributed by atoms with van der Waals surface area (Å²) in [7, 11) is 1.58. The highest BCUT2D eigenvalue weighted by atomic mass is 32.1. The first-order chi connectivity index (χ1) is 8.70. The summed E-state index contributed by atoms with van der Waals surface area (Å²) >= 11 is 1.69. The average molecular weight is 266 g/mol. The molecule has 2 heterocycles. The lowest BCUT2D eigenvalue weighted by atomic mass is 10.1. The van der Waals surface area contributed by atoms with Crippen molar-refractivity contribution in [3.8, 4) is 0 Å². The van der Waals surface area contributed by atoms with Crippen LogP contribution in [0.3, 0.4) is 0 Å². The molecule has 0 spiro atoms. The normalized spacial score (nSPS) is 14.8. The molecule has 2 aromatic rings. The van der Waals surface area contributed by atoms with Crippen molar-refractivity contribution < 1.29 is 9.84 Å². The van der Waals surface area contributed by atoms with Crippen LogP contribution in [0.15, 0.2) is 23.7 Å². The number of fused-ring (bicyclic) bond motifs is 1. The first-order valence-electron chi connectivity index (χ1n) is 5.94. The number of pyridine rings is 1. The second-order valence-electron chi connectivity index (χ2n) is 4.31. The molecule has 2 N–H and O–H groups in total. The molecule has 2 atom stereocenters. The highest BCUT2D eigenvalue weighted by Gasteiger charge is 2.09. The second-order valence-corrected chi connectivity index (χ2v) is 5.26. The summed E-state index contributed by atoms with van der Waals surface area (Å²) < 4.78 is 6.08. The summed E-state index contributed by atoms with van der Waals surface area (Å²) in [6.45, 7) is 2.93. The minimum Gasteiger partial charge on any atom is -0.389 e. The van der Waals surface area contributed by atoms with Crippen LogP contribution in [0.5, 0.6) is 0 Å². The van der Waals surface area contributed by atoms with Crippen molar-refractivity contribution in [2.75, 3.05) is 20.3 Å². The number of aliphatic hydroxyl groups excluding tert-OH is 1. The van der Waals surface area contributed by atoms with E-state index in [1.807, 2.05) is 17.6 Å². The van der Waals surface area contributed by atoms with Gasteiger partial charge in [-0.15, -0.1) is 11.3 Å². The Labute approximate surface area is 111 Å². The monoisotopic (exact) mass is 266 g/mol. The average Bonchev–Trinajstić information content (AvgIpc) is 2.83. The Morgan fingerprint density at radius 1 is 1.56 bits per heavy atom. The summed E-state index contributed by atoms with van der Waals surface area (Å²) in [5, 5.41) is 14.9. The maximum atomic E-state index is 9.58. The Hall–Kier alpha value is -1.01. The van der Waals surface area contributed by atoms with Gasteiger partial charge in [-0.3, -0.25) is 4.98 Å². The molecule has 98 valence electrons. The molecule has 0 aromatic carbocycles. The number of nitrogens with one attached hydrogen (secondary N) is 1. The van der Waals surface area contributed by atoms with E-state index in [-0.39, 0.29) is 6.04 Å². The molecule has 2 aromatic heterocycles. The van der Waals surface area contributed by atoms with E-state index < -0.39 is 6.10 Å². The number of nitrogens with zero attached hydrogens (tertiary/aromatic N) is 1. The van der Waals surface area contributed by atoms with E-state index in [0.29, 0.717) is 13.2 Å². The zero-order chi connectivity index (χ0) is 13.0. The van der Waals surface area contributed by atoms with Gasteiger partial charge in [-0.2, -0.15) is 0 Å². The Morgan fingerprint density at radius 2 is 2.39 bits per heavy atom. The number of ether oxygens (including phenoxy) is 1. The highest BCUT2D eigenvalue weighted by Crippen LogP contribution is 2.22. The number of hydrogen-bond acceptors (Lipinski definition) is 5. The van der Waals surface area contributed by atoms with Gasteiger partial charge in [-0.05, 0) is 30.0 Å². The second kappa shape index (κ2) is 6.24. The molecule has 4 nitrogen and oxygen atoms in total. The molecule has 0 aliphatic rings. The fraction of sp³-hybridized carbons (Fsp3) is 0.462. The molecule has 0 bridgehead atoms. The largest absolute Gasteiger partial charge is 0.389 e. The number of aromatic nitrogens is 1. The Bertz CT molecular complexity index is 500. The summed E-state index contributed by atoms with van der Waals surface area (Å²) in [5.74, 6) is 0. The number of methoxy groups -OCH3 is 1. The number of thiophene rings is 1. The van der Waals surface area contributed by atoms with Crippen LogP contribution in [-0.2, 0) is 4.74 Å². The summed E-state index contributed by atoms with van der Waals surface area (Å²) in [6, 6.07) is 4.33. The van der Waals surface area contributed by atoms with Crippen LogP contribution in [0, 0.1) is 0 Å². The van der Waals surface area contributed by atoms with Gasteiger partial charge in [-0.1, -0.05) is 0 Å². The smallest absolute Gasteiger partial charge is 0.0897 e. The van der Waals surface area contributed by atoms with Crippen LogP contribution in [0.2, 0.25) is 0 Å². The van der Waals surface area contributed by atoms with E-state index in [1.54, 1.807) is 18.4 Å². The first kappa shape index (κ1) is 13.4. The van der Waals surface area contributed by atoms with Gasteiger partial charge in [0.15, 0.2) is 0 Å². The van der Waals surface area contributed by atoms with Crippen molar-refractivity contribution in [1.29, 1.82) is 0 Å². The molecule has 0 saturated heterocycles. The fourth-order valence-corrected chi connectivity index (χ4v) is 2.57. The zero-order valence-electron chi connectivity index (χ0n) is 10.6. The molecule has 0 fully saturated rings. The van der Waals surface area contributed by atoms with E-state index in [0.717, 1.165) is 11.1 Å². The van der Waals surface area contributed by atoms with Gasteiger partial charge in [0.05, 0.1) is 22.9 Å². The summed E-state index contributed by atoms with van der Waals surface area (Å²) in [6.07, 6.45) is 1.41.